The van der Waals surface area contributed by atoms with Crippen LogP contribution < -0.4 is 4.72 Å². The maximum Gasteiger partial charge on any atom is 0.338 e. The second-order valence-corrected chi connectivity index (χ2v) is 7.26. The molecule has 0 radical (unpaired) electrons. The molecule has 0 bridgehead atoms. The molecule has 1 N–H and O–H groups in total. The number of rotatable bonds is 7. The summed E-state index contributed by atoms with van der Waals surface area (Å²) in [5, 5.41) is 0. The topological polar surface area (TPSA) is 85.6 Å². The van der Waals surface area contributed by atoms with E-state index >= 15 is 0 Å². The van der Waals surface area contributed by atoms with Gasteiger partial charge >= 0.3 is 5.97 Å². The molecule has 26 heavy (non-hydrogen) atoms. The first-order valence-electron chi connectivity index (χ1n) is 7.88. The lowest BCUT2D eigenvalue weighted by Crippen LogP contribution is -2.23. The summed E-state index contributed by atoms with van der Waals surface area (Å²) in [4.78, 5) is 12.2. The molecular weight excluding hydrogens is 354 g/mol. The van der Waals surface area contributed by atoms with Gasteiger partial charge in [0.05, 0.1) is 23.3 Å². The first-order chi connectivity index (χ1) is 12.5. The molecule has 2 aromatic carbocycles. The zero-order valence-corrected chi connectivity index (χ0v) is 14.6. The number of benzene rings is 2. The van der Waals surface area contributed by atoms with Crippen LogP contribution in [0.1, 0.15) is 21.7 Å². The second-order valence-electron chi connectivity index (χ2n) is 5.49. The zero-order valence-electron chi connectivity index (χ0n) is 13.8. The quantitative estimate of drug-likeness (QED) is 0.645. The molecule has 0 fully saturated rings. The second kappa shape index (κ2) is 7.99. The van der Waals surface area contributed by atoms with E-state index in [0.717, 1.165) is 5.56 Å². The number of carbonyl (C=O) groups is 1. The van der Waals surface area contributed by atoms with E-state index in [2.05, 4.69) is 4.72 Å². The number of ether oxygens (including phenoxy) is 1. The molecule has 1 heterocycles. The Hall–Kier alpha value is -2.90. The number of nitrogens with one attached hydrogen (secondary N) is 1. The van der Waals surface area contributed by atoms with Gasteiger partial charge in [-0.1, -0.05) is 36.4 Å². The van der Waals surface area contributed by atoms with Gasteiger partial charge in [-0.05, 0) is 35.9 Å². The fourth-order valence-electron chi connectivity index (χ4n) is 2.26. The van der Waals surface area contributed by atoms with E-state index in [0.29, 0.717) is 5.76 Å². The highest BCUT2D eigenvalue weighted by atomic mass is 32.2. The number of hydrogen-bond acceptors (Lipinski definition) is 5. The molecule has 0 unspecified atom stereocenters. The lowest BCUT2D eigenvalue weighted by molar-refractivity contribution is 0.0472. The Balaban J connectivity index is 1.67. The van der Waals surface area contributed by atoms with Gasteiger partial charge in [0.2, 0.25) is 10.0 Å². The van der Waals surface area contributed by atoms with Gasteiger partial charge in [0.15, 0.2) is 0 Å². The van der Waals surface area contributed by atoms with E-state index in [1.165, 1.54) is 30.5 Å². The first-order valence-corrected chi connectivity index (χ1v) is 9.36. The standard InChI is InChI=1S/C19H17NO5S/c21-19(25-14-15-6-2-1-3-7-15)16-8-4-10-18(12-16)26(22,23)20-13-17-9-5-11-24-17/h1-12,20H,13-14H2. The van der Waals surface area contributed by atoms with E-state index in [-0.39, 0.29) is 23.6 Å². The summed E-state index contributed by atoms with van der Waals surface area (Å²) in [7, 11) is -3.78. The van der Waals surface area contributed by atoms with Gasteiger partial charge < -0.3 is 9.15 Å². The van der Waals surface area contributed by atoms with Crippen molar-refractivity contribution in [3.63, 3.8) is 0 Å². The third-order valence-electron chi connectivity index (χ3n) is 3.61. The molecular formula is C19H17NO5S. The molecule has 0 spiro atoms. The molecule has 0 aliphatic heterocycles. The van der Waals surface area contributed by atoms with Crippen LogP contribution in [0.3, 0.4) is 0 Å². The van der Waals surface area contributed by atoms with Gasteiger partial charge in [-0.2, -0.15) is 0 Å². The smallest absolute Gasteiger partial charge is 0.338 e. The van der Waals surface area contributed by atoms with Crippen molar-refractivity contribution in [2.24, 2.45) is 0 Å². The molecule has 0 saturated carbocycles. The monoisotopic (exact) mass is 371 g/mol. The van der Waals surface area contributed by atoms with Gasteiger partial charge in [-0.25, -0.2) is 17.9 Å². The number of hydrogen-bond donors (Lipinski definition) is 1. The molecule has 1 aromatic heterocycles. The molecule has 7 heteroatoms. The van der Waals surface area contributed by atoms with Gasteiger partial charge in [0.1, 0.15) is 12.4 Å². The van der Waals surface area contributed by atoms with Gasteiger partial charge in [0, 0.05) is 0 Å². The third kappa shape index (κ3) is 4.59. The predicted octanol–water partition coefficient (Wildman–Crippen LogP) is 3.12. The number of sulfonamides is 1. The summed E-state index contributed by atoms with van der Waals surface area (Å²) < 4.78 is 37.5. The van der Waals surface area contributed by atoms with Crippen molar-refractivity contribution in [1.82, 2.24) is 4.72 Å². The van der Waals surface area contributed by atoms with Crippen molar-refractivity contribution < 1.29 is 22.4 Å². The van der Waals surface area contributed by atoms with Crippen LogP contribution in [0.25, 0.3) is 0 Å². The van der Waals surface area contributed by atoms with E-state index in [9.17, 15) is 13.2 Å². The van der Waals surface area contributed by atoms with Crippen LogP contribution in [0.15, 0.2) is 82.3 Å². The van der Waals surface area contributed by atoms with Crippen molar-refractivity contribution in [2.45, 2.75) is 18.0 Å². The van der Waals surface area contributed by atoms with Crippen LogP contribution >= 0.6 is 0 Å². The maximum atomic E-state index is 12.4. The summed E-state index contributed by atoms with van der Waals surface area (Å²) in [6.07, 6.45) is 1.47. The Bertz CT molecular complexity index is 966. The van der Waals surface area contributed by atoms with Crippen LogP contribution in [-0.2, 0) is 27.9 Å². The largest absolute Gasteiger partial charge is 0.468 e. The highest BCUT2D eigenvalue weighted by molar-refractivity contribution is 7.89. The summed E-state index contributed by atoms with van der Waals surface area (Å²) >= 11 is 0. The molecule has 3 aromatic rings. The van der Waals surface area contributed by atoms with Crippen molar-refractivity contribution in [3.8, 4) is 0 Å². The van der Waals surface area contributed by atoms with Crippen LogP contribution in [0.4, 0.5) is 0 Å². The van der Waals surface area contributed by atoms with E-state index in [1.807, 2.05) is 30.3 Å². The minimum absolute atomic E-state index is 0.0155. The Morgan fingerprint density at radius 3 is 2.54 bits per heavy atom. The summed E-state index contributed by atoms with van der Waals surface area (Å²) in [6, 6.07) is 18.3. The van der Waals surface area contributed by atoms with Gasteiger partial charge in [-0.15, -0.1) is 0 Å². The Labute approximate surface area is 151 Å². The SMILES string of the molecule is O=C(OCc1ccccc1)c1cccc(S(=O)(=O)NCc2ccco2)c1. The Kier molecular flexibility index (Phi) is 5.50. The zero-order chi connectivity index (χ0) is 18.4. The number of esters is 1. The van der Waals surface area contributed by atoms with Crippen LogP contribution in [-0.4, -0.2) is 14.4 Å². The molecule has 0 aliphatic rings. The van der Waals surface area contributed by atoms with Crippen LogP contribution in [0, 0.1) is 0 Å². The average molecular weight is 371 g/mol. The van der Waals surface area contributed by atoms with Crippen molar-refractivity contribution in [3.05, 3.63) is 89.9 Å². The average Bonchev–Trinajstić information content (AvgIpc) is 3.19. The molecule has 0 atom stereocenters. The highest BCUT2D eigenvalue weighted by Crippen LogP contribution is 2.14. The van der Waals surface area contributed by atoms with Crippen LogP contribution in [0.2, 0.25) is 0 Å². The predicted molar refractivity (Wildman–Crippen MR) is 94.7 cm³/mol. The highest BCUT2D eigenvalue weighted by Gasteiger charge is 2.17. The van der Waals surface area contributed by atoms with Gasteiger partial charge in [-0.3, -0.25) is 0 Å². The van der Waals surface area contributed by atoms with Crippen molar-refractivity contribution in [2.75, 3.05) is 0 Å². The maximum absolute atomic E-state index is 12.4. The van der Waals surface area contributed by atoms with Crippen molar-refractivity contribution >= 4 is 16.0 Å². The molecule has 0 aliphatic carbocycles. The molecule has 6 nitrogen and oxygen atoms in total. The van der Waals surface area contributed by atoms with Gasteiger partial charge in [0.25, 0.3) is 0 Å². The summed E-state index contributed by atoms with van der Waals surface area (Å²) in [6.45, 7) is 0.144. The van der Waals surface area contributed by atoms with Crippen molar-refractivity contribution in [1.29, 1.82) is 0 Å². The fourth-order valence-corrected chi connectivity index (χ4v) is 3.30. The summed E-state index contributed by atoms with van der Waals surface area (Å²) in [5.41, 5.74) is 1.02. The molecule has 0 amide bonds. The van der Waals surface area contributed by atoms with E-state index < -0.39 is 16.0 Å². The number of furan rings is 1. The first kappa shape index (κ1) is 17.9. The van der Waals surface area contributed by atoms with E-state index in [4.69, 9.17) is 9.15 Å². The third-order valence-corrected chi connectivity index (χ3v) is 5.01. The minimum atomic E-state index is -3.78. The lowest BCUT2D eigenvalue weighted by atomic mass is 10.2. The fraction of sp³-hybridized carbons (Fsp3) is 0.105. The lowest BCUT2D eigenvalue weighted by Gasteiger charge is -2.08. The normalized spacial score (nSPS) is 11.2. The Morgan fingerprint density at radius 2 is 1.81 bits per heavy atom. The Morgan fingerprint density at radius 1 is 1.00 bits per heavy atom. The van der Waals surface area contributed by atoms with Crippen LogP contribution in [0.5, 0.6) is 0 Å². The molecule has 3 rings (SSSR count). The molecule has 134 valence electrons. The molecule has 0 saturated heterocycles. The number of carbonyl (C=O) groups excluding carboxylic acids is 1. The minimum Gasteiger partial charge on any atom is -0.468 e. The van der Waals surface area contributed by atoms with E-state index in [1.54, 1.807) is 12.1 Å². The summed E-state index contributed by atoms with van der Waals surface area (Å²) in [5.74, 6) is -0.0936.